The number of rotatable bonds is 4. The van der Waals surface area contributed by atoms with E-state index in [1.807, 2.05) is 24.3 Å². The molecule has 102 valence electrons. The van der Waals surface area contributed by atoms with Gasteiger partial charge in [0.15, 0.2) is 0 Å². The Balaban J connectivity index is 2.09. The van der Waals surface area contributed by atoms with Crippen molar-refractivity contribution in [2.24, 2.45) is 5.10 Å². The average Bonchev–Trinajstić information content (AvgIpc) is 2.42. The number of anilines is 1. The maximum absolute atomic E-state index is 10.9. The minimum atomic E-state index is -1.07. The van der Waals surface area contributed by atoms with Gasteiger partial charge in [-0.15, -0.1) is 0 Å². The normalized spacial score (nSPS) is 10.7. The Bertz CT molecular complexity index is 657. The number of benzene rings is 2. The monoisotopic (exact) mass is 352 g/mol. The minimum Gasteiger partial charge on any atom is -0.478 e. The van der Waals surface area contributed by atoms with E-state index >= 15 is 0 Å². The smallest absolute Gasteiger partial charge is 0.337 e. The van der Waals surface area contributed by atoms with Gasteiger partial charge in [0.05, 0.1) is 22.5 Å². The topological polar surface area (TPSA) is 61.7 Å². The summed E-state index contributed by atoms with van der Waals surface area (Å²) in [5, 5.41) is 13.2. The second kappa shape index (κ2) is 6.54. The first-order chi connectivity index (χ1) is 9.56. The van der Waals surface area contributed by atoms with E-state index in [-0.39, 0.29) is 10.6 Å². The van der Waals surface area contributed by atoms with Crippen molar-refractivity contribution in [2.45, 2.75) is 0 Å². The lowest BCUT2D eigenvalue weighted by atomic mass is 10.2. The Morgan fingerprint density at radius 1 is 1.25 bits per heavy atom. The molecule has 0 spiro atoms. The van der Waals surface area contributed by atoms with Gasteiger partial charge < -0.3 is 5.11 Å². The molecule has 0 fully saturated rings. The first-order valence-corrected chi connectivity index (χ1v) is 6.81. The van der Waals surface area contributed by atoms with E-state index in [9.17, 15) is 4.79 Å². The molecular weight excluding hydrogens is 344 g/mol. The molecule has 0 saturated carbocycles. The molecule has 0 aliphatic rings. The number of carbonyl (C=O) groups is 1. The van der Waals surface area contributed by atoms with Crippen LogP contribution in [-0.4, -0.2) is 17.3 Å². The molecule has 0 aliphatic carbocycles. The molecular formula is C14H10BrClN2O2. The van der Waals surface area contributed by atoms with Crippen LogP contribution in [0.3, 0.4) is 0 Å². The van der Waals surface area contributed by atoms with Crippen LogP contribution < -0.4 is 5.43 Å². The summed E-state index contributed by atoms with van der Waals surface area (Å²) in [5.41, 5.74) is 4.28. The van der Waals surface area contributed by atoms with E-state index < -0.39 is 5.97 Å². The Kier molecular flexibility index (Phi) is 4.76. The zero-order chi connectivity index (χ0) is 14.5. The van der Waals surface area contributed by atoms with Crippen LogP contribution in [0.4, 0.5) is 5.69 Å². The number of hydrogen-bond donors (Lipinski definition) is 2. The predicted octanol–water partition coefficient (Wildman–Crippen LogP) is 4.25. The van der Waals surface area contributed by atoms with Crippen molar-refractivity contribution >= 4 is 45.4 Å². The Hall–Kier alpha value is -1.85. The van der Waals surface area contributed by atoms with Crippen LogP contribution in [0.15, 0.2) is 52.0 Å². The van der Waals surface area contributed by atoms with Gasteiger partial charge in [0.1, 0.15) is 0 Å². The van der Waals surface area contributed by atoms with Crippen molar-refractivity contribution in [2.75, 3.05) is 5.43 Å². The van der Waals surface area contributed by atoms with Gasteiger partial charge in [0, 0.05) is 4.47 Å². The summed E-state index contributed by atoms with van der Waals surface area (Å²) in [5.74, 6) is -1.07. The van der Waals surface area contributed by atoms with E-state index in [0.717, 1.165) is 10.0 Å². The molecule has 2 N–H and O–H groups in total. The zero-order valence-corrected chi connectivity index (χ0v) is 12.5. The molecule has 0 unspecified atom stereocenters. The molecule has 0 heterocycles. The molecule has 0 aliphatic heterocycles. The number of nitrogens with one attached hydrogen (secondary N) is 1. The van der Waals surface area contributed by atoms with E-state index in [4.69, 9.17) is 16.7 Å². The first-order valence-electron chi connectivity index (χ1n) is 5.64. The van der Waals surface area contributed by atoms with Gasteiger partial charge in [0.2, 0.25) is 0 Å². The summed E-state index contributed by atoms with van der Waals surface area (Å²) in [7, 11) is 0. The van der Waals surface area contributed by atoms with Crippen LogP contribution in [0, 0.1) is 0 Å². The van der Waals surface area contributed by atoms with Crippen molar-refractivity contribution in [1.82, 2.24) is 0 Å². The molecule has 20 heavy (non-hydrogen) atoms. The summed E-state index contributed by atoms with van der Waals surface area (Å²) >= 11 is 9.13. The fraction of sp³-hybridized carbons (Fsp3) is 0. The van der Waals surface area contributed by atoms with Gasteiger partial charge in [-0.2, -0.15) is 5.10 Å². The summed E-state index contributed by atoms with van der Waals surface area (Å²) < 4.78 is 0.992. The van der Waals surface area contributed by atoms with Gasteiger partial charge in [-0.3, -0.25) is 5.43 Å². The summed E-state index contributed by atoms with van der Waals surface area (Å²) in [6.45, 7) is 0. The molecule has 0 aromatic heterocycles. The lowest BCUT2D eigenvalue weighted by Crippen LogP contribution is -1.99. The quantitative estimate of drug-likeness (QED) is 0.638. The SMILES string of the molecule is O=C(O)c1cc(NN=Cc2ccc(Br)cc2)ccc1Cl. The molecule has 2 rings (SSSR count). The lowest BCUT2D eigenvalue weighted by Gasteiger charge is -2.03. The molecule has 0 bridgehead atoms. The second-order valence-corrected chi connectivity index (χ2v) is 5.24. The van der Waals surface area contributed by atoms with E-state index in [2.05, 4.69) is 26.5 Å². The maximum Gasteiger partial charge on any atom is 0.337 e. The number of carboxylic acid groups (broad SMARTS) is 1. The molecule has 0 amide bonds. The number of nitrogens with zero attached hydrogens (tertiary/aromatic N) is 1. The van der Waals surface area contributed by atoms with Gasteiger partial charge in [0.25, 0.3) is 0 Å². The fourth-order valence-corrected chi connectivity index (χ4v) is 1.95. The highest BCUT2D eigenvalue weighted by Gasteiger charge is 2.08. The van der Waals surface area contributed by atoms with Crippen LogP contribution in [0.5, 0.6) is 0 Å². The van der Waals surface area contributed by atoms with Crippen LogP contribution >= 0.6 is 27.5 Å². The summed E-state index contributed by atoms with van der Waals surface area (Å²) in [4.78, 5) is 10.9. The number of aromatic carboxylic acids is 1. The summed E-state index contributed by atoms with van der Waals surface area (Å²) in [6, 6.07) is 12.2. The van der Waals surface area contributed by atoms with Gasteiger partial charge in [-0.1, -0.05) is 39.7 Å². The molecule has 2 aromatic rings. The largest absolute Gasteiger partial charge is 0.478 e. The first kappa shape index (κ1) is 14.6. The van der Waals surface area contributed by atoms with E-state index in [1.165, 1.54) is 12.1 Å². The minimum absolute atomic E-state index is 0.0375. The standard InChI is InChI=1S/C14H10BrClN2O2/c15-10-3-1-9(2-4-10)8-17-18-11-5-6-13(16)12(7-11)14(19)20/h1-8,18H,(H,19,20). The van der Waals surface area contributed by atoms with Crippen LogP contribution in [0.1, 0.15) is 15.9 Å². The molecule has 0 saturated heterocycles. The molecule has 0 atom stereocenters. The van der Waals surface area contributed by atoms with Gasteiger partial charge in [-0.25, -0.2) is 4.79 Å². The van der Waals surface area contributed by atoms with Crippen molar-refractivity contribution in [3.05, 3.63) is 63.1 Å². The van der Waals surface area contributed by atoms with Crippen molar-refractivity contribution < 1.29 is 9.90 Å². The molecule has 4 nitrogen and oxygen atoms in total. The predicted molar refractivity (Wildman–Crippen MR) is 83.8 cm³/mol. The Labute approximate surface area is 129 Å². The molecule has 2 aromatic carbocycles. The fourth-order valence-electron chi connectivity index (χ4n) is 1.49. The highest BCUT2D eigenvalue weighted by atomic mass is 79.9. The Morgan fingerprint density at radius 2 is 1.95 bits per heavy atom. The van der Waals surface area contributed by atoms with Crippen LogP contribution in [0.2, 0.25) is 5.02 Å². The highest BCUT2D eigenvalue weighted by molar-refractivity contribution is 9.10. The third-order valence-electron chi connectivity index (χ3n) is 2.47. The zero-order valence-electron chi connectivity index (χ0n) is 10.2. The van der Waals surface area contributed by atoms with E-state index in [0.29, 0.717) is 5.69 Å². The van der Waals surface area contributed by atoms with Crippen molar-refractivity contribution in [3.8, 4) is 0 Å². The van der Waals surface area contributed by atoms with Crippen molar-refractivity contribution in [1.29, 1.82) is 0 Å². The van der Waals surface area contributed by atoms with Crippen LogP contribution in [0.25, 0.3) is 0 Å². The third kappa shape index (κ3) is 3.82. The average molecular weight is 354 g/mol. The second-order valence-electron chi connectivity index (χ2n) is 3.92. The number of hydrogen-bond acceptors (Lipinski definition) is 3. The number of halogens is 2. The van der Waals surface area contributed by atoms with Gasteiger partial charge in [-0.05, 0) is 35.9 Å². The summed E-state index contributed by atoms with van der Waals surface area (Å²) in [6.07, 6.45) is 1.64. The van der Waals surface area contributed by atoms with Crippen LogP contribution in [-0.2, 0) is 0 Å². The maximum atomic E-state index is 10.9. The van der Waals surface area contributed by atoms with Crippen molar-refractivity contribution in [3.63, 3.8) is 0 Å². The Morgan fingerprint density at radius 3 is 2.60 bits per heavy atom. The third-order valence-corrected chi connectivity index (χ3v) is 3.33. The lowest BCUT2D eigenvalue weighted by molar-refractivity contribution is 0.0697. The number of hydrazone groups is 1. The highest BCUT2D eigenvalue weighted by Crippen LogP contribution is 2.20. The van der Waals surface area contributed by atoms with E-state index in [1.54, 1.807) is 12.3 Å². The molecule has 0 radical (unpaired) electrons. The number of carboxylic acids is 1. The van der Waals surface area contributed by atoms with Gasteiger partial charge >= 0.3 is 5.97 Å². The molecule has 6 heteroatoms.